The molecule has 0 saturated carbocycles. The SMILES string of the molecule is Cc1cc(Br)ccc1[C@@H](N)C(=O)O. The maximum atomic E-state index is 10.6. The second-order valence-corrected chi connectivity index (χ2v) is 3.73. The quantitative estimate of drug-likeness (QED) is 0.834. The Morgan fingerprint density at radius 1 is 1.62 bits per heavy atom. The second kappa shape index (κ2) is 3.89. The van der Waals surface area contributed by atoms with Gasteiger partial charge in [-0.2, -0.15) is 0 Å². The predicted octanol–water partition coefficient (Wildman–Crippen LogP) is 1.84. The van der Waals surface area contributed by atoms with E-state index in [2.05, 4.69) is 15.9 Å². The first kappa shape index (κ1) is 10.2. The molecule has 13 heavy (non-hydrogen) atoms. The molecule has 4 heteroatoms. The van der Waals surface area contributed by atoms with Gasteiger partial charge in [0.15, 0.2) is 0 Å². The molecule has 1 rings (SSSR count). The topological polar surface area (TPSA) is 63.3 Å². The molecule has 0 heterocycles. The summed E-state index contributed by atoms with van der Waals surface area (Å²) in [7, 11) is 0. The number of carboxylic acid groups (broad SMARTS) is 1. The summed E-state index contributed by atoms with van der Waals surface area (Å²) < 4.78 is 0.923. The molecule has 1 aromatic rings. The largest absolute Gasteiger partial charge is 0.480 e. The Kier molecular flexibility index (Phi) is 3.06. The maximum absolute atomic E-state index is 10.6. The third kappa shape index (κ3) is 2.29. The molecule has 0 radical (unpaired) electrons. The molecule has 0 aliphatic carbocycles. The van der Waals surface area contributed by atoms with Gasteiger partial charge in [0.05, 0.1) is 0 Å². The average Bonchev–Trinajstić information content (AvgIpc) is 2.03. The summed E-state index contributed by atoms with van der Waals surface area (Å²) in [5, 5.41) is 8.69. The van der Waals surface area contributed by atoms with Crippen molar-refractivity contribution >= 4 is 21.9 Å². The zero-order chi connectivity index (χ0) is 10.0. The number of carbonyl (C=O) groups is 1. The number of aryl methyl sites for hydroxylation is 1. The Labute approximate surface area is 84.7 Å². The Balaban J connectivity index is 3.08. The molecule has 3 nitrogen and oxygen atoms in total. The van der Waals surface area contributed by atoms with E-state index in [1.165, 1.54) is 0 Å². The van der Waals surface area contributed by atoms with Crippen LogP contribution in [0.5, 0.6) is 0 Å². The number of hydrogen-bond acceptors (Lipinski definition) is 2. The maximum Gasteiger partial charge on any atom is 0.325 e. The standard InChI is InChI=1S/C9H10BrNO2/c1-5-4-6(10)2-3-7(5)8(11)9(12)13/h2-4,8H,11H2,1H3,(H,12,13)/t8-/m1/s1. The summed E-state index contributed by atoms with van der Waals surface area (Å²) in [6.07, 6.45) is 0. The van der Waals surface area contributed by atoms with Crippen molar-refractivity contribution in [3.63, 3.8) is 0 Å². The molecule has 0 bridgehead atoms. The van der Waals surface area contributed by atoms with Gasteiger partial charge in [0.2, 0.25) is 0 Å². The number of aliphatic carboxylic acids is 1. The van der Waals surface area contributed by atoms with Gasteiger partial charge in [0, 0.05) is 4.47 Å². The first-order chi connectivity index (χ1) is 6.02. The molecule has 0 aliphatic heterocycles. The predicted molar refractivity (Wildman–Crippen MR) is 53.4 cm³/mol. The van der Waals surface area contributed by atoms with Crippen LogP contribution in [-0.4, -0.2) is 11.1 Å². The molecule has 1 atom stereocenters. The highest BCUT2D eigenvalue weighted by atomic mass is 79.9. The molecule has 0 spiro atoms. The van der Waals surface area contributed by atoms with Crippen molar-refractivity contribution in [2.24, 2.45) is 5.73 Å². The molecule has 0 fully saturated rings. The first-order valence-electron chi connectivity index (χ1n) is 3.77. The normalized spacial score (nSPS) is 12.5. The van der Waals surface area contributed by atoms with Gasteiger partial charge >= 0.3 is 5.97 Å². The van der Waals surface area contributed by atoms with Crippen molar-refractivity contribution in [2.75, 3.05) is 0 Å². The Morgan fingerprint density at radius 3 is 2.69 bits per heavy atom. The third-order valence-corrected chi connectivity index (χ3v) is 2.33. The highest BCUT2D eigenvalue weighted by molar-refractivity contribution is 9.10. The van der Waals surface area contributed by atoms with Crippen LogP contribution in [0.15, 0.2) is 22.7 Å². The van der Waals surface area contributed by atoms with Crippen LogP contribution in [0.4, 0.5) is 0 Å². The van der Waals surface area contributed by atoms with Crippen molar-refractivity contribution in [2.45, 2.75) is 13.0 Å². The van der Waals surface area contributed by atoms with Crippen LogP contribution in [-0.2, 0) is 4.79 Å². The minimum atomic E-state index is -1.01. The number of benzene rings is 1. The Bertz CT molecular complexity index is 338. The van der Waals surface area contributed by atoms with Gasteiger partial charge < -0.3 is 10.8 Å². The summed E-state index contributed by atoms with van der Waals surface area (Å²) in [5.41, 5.74) is 7.00. The first-order valence-corrected chi connectivity index (χ1v) is 4.56. The highest BCUT2D eigenvalue weighted by Crippen LogP contribution is 2.20. The van der Waals surface area contributed by atoms with E-state index in [9.17, 15) is 4.79 Å². The molecule has 0 unspecified atom stereocenters. The van der Waals surface area contributed by atoms with E-state index in [0.29, 0.717) is 5.56 Å². The van der Waals surface area contributed by atoms with Gasteiger partial charge in [-0.25, -0.2) is 0 Å². The van der Waals surface area contributed by atoms with Crippen LogP contribution >= 0.6 is 15.9 Å². The zero-order valence-electron chi connectivity index (χ0n) is 7.12. The highest BCUT2D eigenvalue weighted by Gasteiger charge is 2.15. The fraction of sp³-hybridized carbons (Fsp3) is 0.222. The van der Waals surface area contributed by atoms with Gasteiger partial charge in [-0.15, -0.1) is 0 Å². The van der Waals surface area contributed by atoms with Crippen LogP contribution in [0.2, 0.25) is 0 Å². The van der Waals surface area contributed by atoms with Crippen molar-refractivity contribution in [3.8, 4) is 0 Å². The number of carboxylic acids is 1. The number of nitrogens with two attached hydrogens (primary N) is 1. The summed E-state index contributed by atoms with van der Waals surface area (Å²) in [6.45, 7) is 1.84. The second-order valence-electron chi connectivity index (χ2n) is 2.82. The molecule has 0 aromatic heterocycles. The monoisotopic (exact) mass is 243 g/mol. The lowest BCUT2D eigenvalue weighted by atomic mass is 10.0. The lowest BCUT2D eigenvalue weighted by molar-refractivity contribution is -0.138. The van der Waals surface area contributed by atoms with E-state index in [1.54, 1.807) is 12.1 Å². The van der Waals surface area contributed by atoms with E-state index >= 15 is 0 Å². The van der Waals surface area contributed by atoms with E-state index in [1.807, 2.05) is 13.0 Å². The van der Waals surface area contributed by atoms with Crippen LogP contribution in [0.3, 0.4) is 0 Å². The summed E-state index contributed by atoms with van der Waals surface area (Å²) in [6, 6.07) is 4.41. The number of rotatable bonds is 2. The molecule has 1 aromatic carbocycles. The molecule has 0 amide bonds. The van der Waals surface area contributed by atoms with Crippen LogP contribution in [0.1, 0.15) is 17.2 Å². The molecular formula is C9H10BrNO2. The molecule has 70 valence electrons. The summed E-state index contributed by atoms with van der Waals surface area (Å²) >= 11 is 3.29. The molecule has 0 saturated heterocycles. The fourth-order valence-corrected chi connectivity index (χ4v) is 1.60. The molecular weight excluding hydrogens is 234 g/mol. The van der Waals surface area contributed by atoms with Crippen LogP contribution in [0, 0.1) is 6.92 Å². The van der Waals surface area contributed by atoms with E-state index < -0.39 is 12.0 Å². The minimum absolute atomic E-state index is 0.649. The van der Waals surface area contributed by atoms with Crippen molar-refractivity contribution < 1.29 is 9.90 Å². The average molecular weight is 244 g/mol. The molecule has 0 aliphatic rings. The van der Waals surface area contributed by atoms with Gasteiger partial charge in [-0.3, -0.25) is 4.79 Å². The van der Waals surface area contributed by atoms with Gasteiger partial charge in [-0.1, -0.05) is 22.0 Å². The van der Waals surface area contributed by atoms with Crippen molar-refractivity contribution in [1.82, 2.24) is 0 Å². The minimum Gasteiger partial charge on any atom is -0.480 e. The lowest BCUT2D eigenvalue weighted by Crippen LogP contribution is -2.21. The molecule has 3 N–H and O–H groups in total. The van der Waals surface area contributed by atoms with E-state index in [0.717, 1.165) is 10.0 Å². The van der Waals surface area contributed by atoms with Gasteiger partial charge in [-0.05, 0) is 30.2 Å². The number of halogens is 1. The Hall–Kier alpha value is -0.870. The van der Waals surface area contributed by atoms with Crippen molar-refractivity contribution in [3.05, 3.63) is 33.8 Å². The zero-order valence-corrected chi connectivity index (χ0v) is 8.71. The Morgan fingerprint density at radius 2 is 2.23 bits per heavy atom. The van der Waals surface area contributed by atoms with Gasteiger partial charge in [0.1, 0.15) is 6.04 Å². The van der Waals surface area contributed by atoms with Gasteiger partial charge in [0.25, 0.3) is 0 Å². The number of hydrogen-bond donors (Lipinski definition) is 2. The smallest absolute Gasteiger partial charge is 0.325 e. The summed E-state index contributed by atoms with van der Waals surface area (Å²) in [4.78, 5) is 10.6. The summed E-state index contributed by atoms with van der Waals surface area (Å²) in [5.74, 6) is -1.01. The fourth-order valence-electron chi connectivity index (χ4n) is 1.12. The van der Waals surface area contributed by atoms with Crippen molar-refractivity contribution in [1.29, 1.82) is 0 Å². The van der Waals surface area contributed by atoms with Crippen LogP contribution < -0.4 is 5.73 Å². The lowest BCUT2D eigenvalue weighted by Gasteiger charge is -2.10. The van der Waals surface area contributed by atoms with E-state index in [-0.39, 0.29) is 0 Å². The van der Waals surface area contributed by atoms with E-state index in [4.69, 9.17) is 10.8 Å². The van der Waals surface area contributed by atoms with Crippen LogP contribution in [0.25, 0.3) is 0 Å². The third-order valence-electron chi connectivity index (χ3n) is 1.83.